The van der Waals surface area contributed by atoms with Crippen LogP contribution in [0.4, 0.5) is 0 Å². The van der Waals surface area contributed by atoms with Crippen LogP contribution in [0, 0.1) is 0 Å². The van der Waals surface area contributed by atoms with Gasteiger partial charge in [-0.05, 0) is 29.5 Å². The Morgan fingerprint density at radius 1 is 0.960 bits per heavy atom. The van der Waals surface area contributed by atoms with Crippen molar-refractivity contribution in [2.75, 3.05) is 12.4 Å². The van der Waals surface area contributed by atoms with E-state index in [4.69, 9.17) is 9.39 Å². The molecule has 0 aliphatic heterocycles. The fourth-order valence-corrected chi connectivity index (χ4v) is 3.03. The van der Waals surface area contributed by atoms with Gasteiger partial charge in [0, 0.05) is 23.3 Å². The zero-order valence-corrected chi connectivity index (χ0v) is 15.4. The topological polar surface area (TPSA) is 67.5 Å². The zero-order chi connectivity index (χ0) is 18.1. The van der Waals surface area contributed by atoms with Gasteiger partial charge in [0.1, 0.15) is 0 Å². The van der Waals surface area contributed by atoms with Crippen LogP contribution < -0.4 is 9.57 Å². The van der Waals surface area contributed by atoms with E-state index in [-0.39, 0.29) is 18.8 Å². The van der Waals surface area contributed by atoms with Gasteiger partial charge in [-0.2, -0.15) is 8.42 Å². The summed E-state index contributed by atoms with van der Waals surface area (Å²) in [5.74, 6) is -0.295. The molecule has 0 saturated heterocycles. The standard InChI is InChI=1S/C19H25NO4S/c1-2-3-4-6-17-7-9-18(10-8-17)19-11-13-20(14-12-19)24-15-5-16-25(21,22)23/h7-14H,2-6,15-16H2,1H3/p+1. The first-order valence-corrected chi connectivity index (χ1v) is 10.3. The minimum Gasteiger partial charge on any atom is -0.286 e. The van der Waals surface area contributed by atoms with Crippen LogP contribution in [-0.2, 0) is 16.5 Å². The molecule has 0 spiro atoms. The largest absolute Gasteiger partial charge is 0.286 e. The molecule has 1 aromatic carbocycles. The van der Waals surface area contributed by atoms with Gasteiger partial charge in [0.25, 0.3) is 10.1 Å². The van der Waals surface area contributed by atoms with Crippen LogP contribution in [0.1, 0.15) is 38.2 Å². The normalized spacial score (nSPS) is 11.4. The zero-order valence-electron chi connectivity index (χ0n) is 14.6. The number of benzene rings is 1. The molecule has 2 rings (SSSR count). The highest BCUT2D eigenvalue weighted by molar-refractivity contribution is 7.85. The van der Waals surface area contributed by atoms with E-state index in [0.717, 1.165) is 17.5 Å². The molecule has 0 saturated carbocycles. The third-order valence-corrected chi connectivity index (χ3v) is 4.75. The predicted octanol–water partition coefficient (Wildman–Crippen LogP) is 3.08. The van der Waals surface area contributed by atoms with Crippen molar-refractivity contribution in [3.8, 4) is 11.1 Å². The molecule has 0 atom stereocenters. The van der Waals surface area contributed by atoms with Crippen LogP contribution in [0.5, 0.6) is 0 Å². The molecule has 0 fully saturated rings. The minimum absolute atomic E-state index is 0.219. The Bertz CT molecular complexity index is 740. The minimum atomic E-state index is -3.92. The Balaban J connectivity index is 1.86. The van der Waals surface area contributed by atoms with E-state index in [9.17, 15) is 8.42 Å². The first kappa shape index (κ1) is 19.4. The van der Waals surface area contributed by atoms with E-state index in [1.807, 2.05) is 12.1 Å². The number of pyridine rings is 1. The third-order valence-electron chi connectivity index (χ3n) is 3.95. The maximum atomic E-state index is 10.6. The van der Waals surface area contributed by atoms with Crippen molar-refractivity contribution in [2.45, 2.75) is 39.0 Å². The summed E-state index contributed by atoms with van der Waals surface area (Å²) in [6.45, 7) is 2.43. The highest BCUT2D eigenvalue weighted by Crippen LogP contribution is 2.19. The lowest BCUT2D eigenvalue weighted by molar-refractivity contribution is -0.891. The second kappa shape index (κ2) is 9.53. The van der Waals surface area contributed by atoms with Gasteiger partial charge in [0.2, 0.25) is 12.4 Å². The van der Waals surface area contributed by atoms with Gasteiger partial charge in [-0.25, -0.2) is 0 Å². The number of unbranched alkanes of at least 4 members (excludes halogenated alkanes) is 2. The van der Waals surface area contributed by atoms with Crippen LogP contribution in [-0.4, -0.2) is 25.3 Å². The molecule has 136 valence electrons. The third kappa shape index (κ3) is 7.23. The fourth-order valence-electron chi connectivity index (χ4n) is 2.55. The van der Waals surface area contributed by atoms with Crippen LogP contribution >= 0.6 is 0 Å². The molecule has 0 unspecified atom stereocenters. The monoisotopic (exact) mass is 364 g/mol. The summed E-state index contributed by atoms with van der Waals surface area (Å²) < 4.78 is 31.5. The average Bonchev–Trinajstić information content (AvgIpc) is 2.59. The van der Waals surface area contributed by atoms with Crippen molar-refractivity contribution >= 4 is 10.1 Å². The average molecular weight is 364 g/mol. The van der Waals surface area contributed by atoms with Gasteiger partial charge in [-0.3, -0.25) is 9.39 Å². The molecule has 0 radical (unpaired) electrons. The summed E-state index contributed by atoms with van der Waals surface area (Å²) >= 11 is 0. The van der Waals surface area contributed by atoms with Crippen LogP contribution in [0.3, 0.4) is 0 Å². The van der Waals surface area contributed by atoms with Gasteiger partial charge in [-0.1, -0.05) is 44.0 Å². The lowest BCUT2D eigenvalue weighted by Crippen LogP contribution is -2.42. The van der Waals surface area contributed by atoms with Crippen LogP contribution in [0.2, 0.25) is 0 Å². The number of hydrogen-bond donors (Lipinski definition) is 1. The van der Waals surface area contributed by atoms with Gasteiger partial charge in [-0.15, -0.1) is 0 Å². The number of nitrogens with zero attached hydrogens (tertiary/aromatic N) is 1. The molecular weight excluding hydrogens is 338 g/mol. The van der Waals surface area contributed by atoms with Crippen molar-refractivity contribution in [2.24, 2.45) is 0 Å². The SMILES string of the molecule is CCCCCc1ccc(-c2cc[n+](OCCCS(=O)(=O)O)cc2)cc1. The quantitative estimate of drug-likeness (QED) is 0.400. The Morgan fingerprint density at radius 3 is 2.20 bits per heavy atom. The van der Waals surface area contributed by atoms with Gasteiger partial charge in [0.15, 0.2) is 6.61 Å². The Labute approximate surface area is 150 Å². The van der Waals surface area contributed by atoms with Crippen LogP contribution in [0.15, 0.2) is 48.8 Å². The van der Waals surface area contributed by atoms with Crippen molar-refractivity contribution < 1.29 is 22.5 Å². The first-order chi connectivity index (χ1) is 12.0. The number of rotatable bonds is 10. The predicted molar refractivity (Wildman–Crippen MR) is 97.8 cm³/mol. The molecule has 0 bridgehead atoms. The van der Waals surface area contributed by atoms with Crippen LogP contribution in [0.25, 0.3) is 11.1 Å². The van der Waals surface area contributed by atoms with Gasteiger partial charge in [0.05, 0.1) is 5.75 Å². The molecule has 0 aliphatic carbocycles. The molecular formula is C19H26NO4S+. The van der Waals surface area contributed by atoms with Crippen molar-refractivity contribution in [3.63, 3.8) is 0 Å². The lowest BCUT2D eigenvalue weighted by Gasteiger charge is -2.04. The second-order valence-electron chi connectivity index (χ2n) is 6.07. The highest BCUT2D eigenvalue weighted by Gasteiger charge is 2.07. The lowest BCUT2D eigenvalue weighted by atomic mass is 10.0. The molecule has 0 amide bonds. The molecule has 0 aliphatic rings. The van der Waals surface area contributed by atoms with Crippen molar-refractivity contribution in [1.82, 2.24) is 0 Å². The second-order valence-corrected chi connectivity index (χ2v) is 7.65. The first-order valence-electron chi connectivity index (χ1n) is 8.67. The Kier molecular flexibility index (Phi) is 7.40. The van der Waals surface area contributed by atoms with E-state index >= 15 is 0 Å². The molecule has 2 aromatic rings. The van der Waals surface area contributed by atoms with E-state index in [2.05, 4.69) is 31.2 Å². The number of hydrogen-bond acceptors (Lipinski definition) is 3. The van der Waals surface area contributed by atoms with Crippen molar-refractivity contribution in [1.29, 1.82) is 0 Å². The van der Waals surface area contributed by atoms with E-state index < -0.39 is 10.1 Å². The van der Waals surface area contributed by atoms with E-state index in [0.29, 0.717) is 0 Å². The summed E-state index contributed by atoms with van der Waals surface area (Å²) in [7, 11) is -3.92. The summed E-state index contributed by atoms with van der Waals surface area (Å²) in [6, 6.07) is 12.5. The number of aromatic nitrogens is 1. The maximum absolute atomic E-state index is 10.6. The molecule has 1 aromatic heterocycles. The highest BCUT2D eigenvalue weighted by atomic mass is 32.2. The van der Waals surface area contributed by atoms with Gasteiger partial charge < -0.3 is 0 Å². The summed E-state index contributed by atoms with van der Waals surface area (Å²) in [5, 5.41) is 0. The molecule has 5 nitrogen and oxygen atoms in total. The molecule has 1 N–H and O–H groups in total. The summed E-state index contributed by atoms with van der Waals surface area (Å²) in [4.78, 5) is 5.41. The Hall–Kier alpha value is -1.92. The molecule has 6 heteroatoms. The van der Waals surface area contributed by atoms with E-state index in [1.54, 1.807) is 12.4 Å². The molecule has 25 heavy (non-hydrogen) atoms. The fraction of sp³-hybridized carbons (Fsp3) is 0.421. The van der Waals surface area contributed by atoms with Crippen molar-refractivity contribution in [3.05, 3.63) is 54.4 Å². The van der Waals surface area contributed by atoms with Gasteiger partial charge >= 0.3 is 0 Å². The summed E-state index contributed by atoms with van der Waals surface area (Å²) in [6.07, 6.45) is 8.68. The van der Waals surface area contributed by atoms with E-state index in [1.165, 1.54) is 29.6 Å². The molecule has 1 heterocycles. The maximum Gasteiger partial charge on any atom is 0.264 e. The smallest absolute Gasteiger partial charge is 0.264 e. The Morgan fingerprint density at radius 2 is 1.60 bits per heavy atom. The summed E-state index contributed by atoms with van der Waals surface area (Å²) in [5.41, 5.74) is 3.61. The number of aryl methyl sites for hydroxylation is 1.